The van der Waals surface area contributed by atoms with E-state index in [4.69, 9.17) is 0 Å². The van der Waals surface area contributed by atoms with Crippen LogP contribution in [0.2, 0.25) is 0 Å². The highest BCUT2D eigenvalue weighted by Gasteiger charge is 2.34. The number of aliphatic hydroxyl groups is 1. The van der Waals surface area contributed by atoms with Gasteiger partial charge in [-0.25, -0.2) is 0 Å². The van der Waals surface area contributed by atoms with Crippen LogP contribution in [0, 0.1) is 0 Å². The lowest BCUT2D eigenvalue weighted by Crippen LogP contribution is -2.49. The summed E-state index contributed by atoms with van der Waals surface area (Å²) >= 11 is 0. The van der Waals surface area contributed by atoms with Crippen molar-refractivity contribution in [1.82, 2.24) is 10.2 Å². The van der Waals surface area contributed by atoms with Crippen molar-refractivity contribution in [3.05, 3.63) is 0 Å². The van der Waals surface area contributed by atoms with Crippen LogP contribution in [0.4, 0.5) is 0 Å². The third-order valence-electron chi connectivity index (χ3n) is 3.32. The molecule has 1 saturated carbocycles. The molecule has 1 saturated heterocycles. The minimum absolute atomic E-state index is 0.157. The third-order valence-corrected chi connectivity index (χ3v) is 3.32. The number of rotatable bonds is 2. The van der Waals surface area contributed by atoms with Crippen LogP contribution >= 0.6 is 0 Å². The molecule has 1 aliphatic heterocycles. The van der Waals surface area contributed by atoms with E-state index >= 15 is 0 Å². The summed E-state index contributed by atoms with van der Waals surface area (Å²) in [6.45, 7) is 1.72. The van der Waals surface area contributed by atoms with Crippen molar-refractivity contribution in [2.45, 2.75) is 37.5 Å². The first kappa shape index (κ1) is 8.48. The molecule has 3 heteroatoms. The zero-order valence-electron chi connectivity index (χ0n) is 7.66. The second-order valence-corrected chi connectivity index (χ2v) is 4.04. The summed E-state index contributed by atoms with van der Waals surface area (Å²) in [5.41, 5.74) is 0. The van der Waals surface area contributed by atoms with E-state index in [-0.39, 0.29) is 6.10 Å². The molecule has 2 aliphatic rings. The van der Waals surface area contributed by atoms with Crippen LogP contribution in [-0.4, -0.2) is 48.3 Å². The lowest BCUT2D eigenvalue weighted by atomic mass is 9.90. The molecule has 0 amide bonds. The summed E-state index contributed by atoms with van der Waals surface area (Å²) in [5.74, 6) is 0. The van der Waals surface area contributed by atoms with Gasteiger partial charge in [-0.05, 0) is 19.9 Å². The molecular formula is C9H18N2O. The summed E-state index contributed by atoms with van der Waals surface area (Å²) < 4.78 is 0. The number of nitrogens with zero attached hydrogens (tertiary/aromatic N) is 1. The molecular weight excluding hydrogens is 152 g/mol. The van der Waals surface area contributed by atoms with E-state index in [9.17, 15) is 5.11 Å². The molecule has 0 radical (unpaired) electrons. The van der Waals surface area contributed by atoms with Crippen molar-refractivity contribution >= 4 is 0 Å². The number of likely N-dealkylation sites (N-methyl/N-ethyl adjacent to an activating group) is 1. The number of β-amino-alcohol motifs (C(OH)–C–C–N with tert-alkyl or cyclic N) is 1. The second kappa shape index (κ2) is 3.32. The Hall–Kier alpha value is -0.120. The SMILES string of the molecule is CN(C1CCC1)C1CNCC1O. The molecule has 70 valence electrons. The van der Waals surface area contributed by atoms with Crippen molar-refractivity contribution in [3.8, 4) is 0 Å². The molecule has 2 N–H and O–H groups in total. The maximum Gasteiger partial charge on any atom is 0.0831 e. The predicted molar refractivity (Wildman–Crippen MR) is 48.1 cm³/mol. The van der Waals surface area contributed by atoms with Gasteiger partial charge in [0, 0.05) is 25.2 Å². The molecule has 12 heavy (non-hydrogen) atoms. The zero-order valence-corrected chi connectivity index (χ0v) is 7.66. The van der Waals surface area contributed by atoms with Crippen molar-refractivity contribution in [1.29, 1.82) is 0 Å². The fourth-order valence-corrected chi connectivity index (χ4v) is 2.13. The Labute approximate surface area is 73.8 Å². The fraction of sp³-hybridized carbons (Fsp3) is 1.00. The lowest BCUT2D eigenvalue weighted by Gasteiger charge is -2.39. The minimum Gasteiger partial charge on any atom is -0.390 e. The van der Waals surface area contributed by atoms with Crippen LogP contribution in [0.3, 0.4) is 0 Å². The van der Waals surface area contributed by atoms with Gasteiger partial charge in [-0.1, -0.05) is 6.42 Å². The van der Waals surface area contributed by atoms with Gasteiger partial charge < -0.3 is 10.4 Å². The molecule has 2 rings (SSSR count). The number of nitrogens with one attached hydrogen (secondary N) is 1. The van der Waals surface area contributed by atoms with E-state index < -0.39 is 0 Å². The van der Waals surface area contributed by atoms with Gasteiger partial charge in [-0.15, -0.1) is 0 Å². The maximum absolute atomic E-state index is 9.62. The highest BCUT2D eigenvalue weighted by molar-refractivity contribution is 4.92. The standard InChI is InChI=1S/C9H18N2O/c1-11(7-3-2-4-7)8-5-10-6-9(8)12/h7-10,12H,2-6H2,1H3. The molecule has 1 aliphatic carbocycles. The molecule has 0 spiro atoms. The molecule has 3 nitrogen and oxygen atoms in total. The van der Waals surface area contributed by atoms with Crippen LogP contribution in [0.1, 0.15) is 19.3 Å². The third kappa shape index (κ3) is 1.37. The van der Waals surface area contributed by atoms with Crippen LogP contribution in [0.5, 0.6) is 0 Å². The maximum atomic E-state index is 9.62. The Morgan fingerprint density at radius 2 is 2.08 bits per heavy atom. The molecule has 0 aromatic heterocycles. The van der Waals surface area contributed by atoms with Gasteiger partial charge in [0.1, 0.15) is 0 Å². The number of hydrogen-bond donors (Lipinski definition) is 2. The monoisotopic (exact) mass is 170 g/mol. The second-order valence-electron chi connectivity index (χ2n) is 4.04. The summed E-state index contributed by atoms with van der Waals surface area (Å²) in [5, 5.41) is 12.8. The van der Waals surface area contributed by atoms with E-state index in [0.717, 1.165) is 19.1 Å². The predicted octanol–water partition coefficient (Wildman–Crippen LogP) is -0.197. The van der Waals surface area contributed by atoms with Gasteiger partial charge in [-0.3, -0.25) is 4.90 Å². The molecule has 0 aromatic carbocycles. The first-order valence-corrected chi connectivity index (χ1v) is 4.90. The van der Waals surface area contributed by atoms with E-state index in [1.165, 1.54) is 19.3 Å². The summed E-state index contributed by atoms with van der Waals surface area (Å²) in [4.78, 5) is 2.36. The Morgan fingerprint density at radius 1 is 1.33 bits per heavy atom. The Bertz CT molecular complexity index is 159. The molecule has 0 bridgehead atoms. The first-order chi connectivity index (χ1) is 5.79. The Morgan fingerprint density at radius 3 is 2.50 bits per heavy atom. The topological polar surface area (TPSA) is 35.5 Å². The highest BCUT2D eigenvalue weighted by atomic mass is 16.3. The molecule has 2 unspecified atom stereocenters. The minimum atomic E-state index is -0.157. The largest absolute Gasteiger partial charge is 0.390 e. The van der Waals surface area contributed by atoms with Gasteiger partial charge in [0.2, 0.25) is 0 Å². The van der Waals surface area contributed by atoms with Gasteiger partial charge >= 0.3 is 0 Å². The van der Waals surface area contributed by atoms with Crippen molar-refractivity contribution in [2.75, 3.05) is 20.1 Å². The zero-order chi connectivity index (χ0) is 8.55. The van der Waals surface area contributed by atoms with Gasteiger partial charge in [-0.2, -0.15) is 0 Å². The average molecular weight is 170 g/mol. The van der Waals surface area contributed by atoms with Crippen LogP contribution in [0.25, 0.3) is 0 Å². The van der Waals surface area contributed by atoms with Crippen molar-refractivity contribution < 1.29 is 5.11 Å². The number of aliphatic hydroxyl groups excluding tert-OH is 1. The smallest absolute Gasteiger partial charge is 0.0831 e. The first-order valence-electron chi connectivity index (χ1n) is 4.90. The fourth-order valence-electron chi connectivity index (χ4n) is 2.13. The normalized spacial score (nSPS) is 37.2. The molecule has 2 fully saturated rings. The van der Waals surface area contributed by atoms with E-state index in [0.29, 0.717) is 6.04 Å². The van der Waals surface area contributed by atoms with E-state index in [1.54, 1.807) is 0 Å². The number of hydrogen-bond acceptors (Lipinski definition) is 3. The highest BCUT2D eigenvalue weighted by Crippen LogP contribution is 2.26. The molecule has 1 heterocycles. The summed E-state index contributed by atoms with van der Waals surface area (Å²) in [7, 11) is 2.14. The van der Waals surface area contributed by atoms with Crippen molar-refractivity contribution in [3.63, 3.8) is 0 Å². The van der Waals surface area contributed by atoms with E-state index in [2.05, 4.69) is 17.3 Å². The van der Waals surface area contributed by atoms with Crippen LogP contribution < -0.4 is 5.32 Å². The quantitative estimate of drug-likeness (QED) is 0.602. The van der Waals surface area contributed by atoms with Crippen molar-refractivity contribution in [2.24, 2.45) is 0 Å². The Kier molecular flexibility index (Phi) is 2.35. The molecule has 2 atom stereocenters. The van der Waals surface area contributed by atoms with Crippen LogP contribution in [0.15, 0.2) is 0 Å². The van der Waals surface area contributed by atoms with Gasteiger partial charge in [0.05, 0.1) is 6.10 Å². The van der Waals surface area contributed by atoms with E-state index in [1.807, 2.05) is 0 Å². The lowest BCUT2D eigenvalue weighted by molar-refractivity contribution is 0.0467. The average Bonchev–Trinajstić information content (AvgIpc) is 2.31. The van der Waals surface area contributed by atoms with Gasteiger partial charge in [0.25, 0.3) is 0 Å². The Balaban J connectivity index is 1.89. The summed E-state index contributed by atoms with van der Waals surface area (Å²) in [6.07, 6.45) is 3.85. The summed E-state index contributed by atoms with van der Waals surface area (Å²) in [6, 6.07) is 1.10. The van der Waals surface area contributed by atoms with Crippen LogP contribution in [-0.2, 0) is 0 Å². The van der Waals surface area contributed by atoms with Gasteiger partial charge in [0.15, 0.2) is 0 Å². The molecule has 0 aromatic rings.